The number of phosphoric ester groups is 1. The lowest BCUT2D eigenvalue weighted by molar-refractivity contribution is -0.870. The fourth-order valence-corrected chi connectivity index (χ4v) is 12.2. The number of phosphoric acid groups is 1. The number of rotatable bonds is 72. The number of unbranched alkanes of at least 4 members (excludes halogenated alkanes) is 48. The Labute approximate surface area is 553 Å². The molecule has 0 aromatic rings. The van der Waals surface area contributed by atoms with Crippen molar-refractivity contribution < 1.29 is 42.1 Å². The molecule has 0 aliphatic heterocycles. The maximum Gasteiger partial charge on any atom is 0.306 e. The standard InChI is InChI=1S/C79H148NO8P/c1-6-8-10-12-14-16-18-20-22-24-26-28-30-32-34-36-38-40-42-44-46-48-50-52-54-56-58-60-62-64-66-68-70-72-79(82)88-77(76-87-89(83,84)86-74-73-80(3,4)5)75-85-78(81)71-69-67-65-63-61-59-57-55-53-51-49-47-45-43-41-39-37-35-33-31-29-27-25-23-21-19-17-15-13-11-9-7-2/h8,10,14,16,20,22,26,28,32,34,77H,6-7,9,11-13,15,17-19,21,23-25,27,29-31,33,35-76H2,1-5H3/b10-8-,16-14-,22-20-,28-26-,34-32-. The molecule has 89 heavy (non-hydrogen) atoms. The van der Waals surface area contributed by atoms with E-state index < -0.39 is 26.5 Å². The smallest absolute Gasteiger partial charge is 0.306 e. The Kier molecular flexibility index (Phi) is 68.2. The minimum absolute atomic E-state index is 0.0290. The van der Waals surface area contributed by atoms with E-state index in [1.54, 1.807) is 0 Å². The first kappa shape index (κ1) is 86.7. The van der Waals surface area contributed by atoms with Gasteiger partial charge in [-0.3, -0.25) is 14.2 Å². The quantitative estimate of drug-likeness (QED) is 0.0195. The van der Waals surface area contributed by atoms with Gasteiger partial charge >= 0.3 is 11.9 Å². The molecular formula is C79H148NO8P. The molecular weight excluding hydrogens is 1120 g/mol. The molecule has 0 aliphatic rings. The second-order valence-corrected chi connectivity index (χ2v) is 28.8. The van der Waals surface area contributed by atoms with Crippen molar-refractivity contribution in [1.82, 2.24) is 0 Å². The zero-order valence-electron chi connectivity index (χ0n) is 59.6. The lowest BCUT2D eigenvalue weighted by atomic mass is 10.0. The van der Waals surface area contributed by atoms with Crippen LogP contribution in [0.2, 0.25) is 0 Å². The van der Waals surface area contributed by atoms with Gasteiger partial charge in [0.05, 0.1) is 27.7 Å². The Morgan fingerprint density at radius 1 is 0.360 bits per heavy atom. The van der Waals surface area contributed by atoms with Gasteiger partial charge in [-0.2, -0.15) is 0 Å². The molecule has 2 unspecified atom stereocenters. The van der Waals surface area contributed by atoms with Gasteiger partial charge in [-0.05, 0) is 57.8 Å². The molecule has 10 heteroatoms. The summed E-state index contributed by atoms with van der Waals surface area (Å²) in [7, 11) is 1.18. The summed E-state index contributed by atoms with van der Waals surface area (Å²) in [6.07, 6.45) is 93.4. The zero-order valence-corrected chi connectivity index (χ0v) is 60.5. The molecule has 0 radical (unpaired) electrons. The zero-order chi connectivity index (χ0) is 64.8. The number of allylic oxidation sites excluding steroid dienone is 10. The van der Waals surface area contributed by atoms with Gasteiger partial charge in [-0.25, -0.2) is 0 Å². The van der Waals surface area contributed by atoms with Crippen LogP contribution < -0.4 is 4.89 Å². The monoisotopic (exact) mass is 1270 g/mol. The van der Waals surface area contributed by atoms with Crippen molar-refractivity contribution in [2.75, 3.05) is 47.5 Å². The predicted molar refractivity (Wildman–Crippen MR) is 383 cm³/mol. The maximum absolute atomic E-state index is 12.9. The van der Waals surface area contributed by atoms with Gasteiger partial charge in [0, 0.05) is 12.8 Å². The van der Waals surface area contributed by atoms with Gasteiger partial charge in [0.15, 0.2) is 6.10 Å². The summed E-state index contributed by atoms with van der Waals surface area (Å²) in [6.45, 7) is 4.20. The van der Waals surface area contributed by atoms with Crippen molar-refractivity contribution in [3.05, 3.63) is 60.8 Å². The molecule has 2 atom stereocenters. The second-order valence-electron chi connectivity index (χ2n) is 27.4. The van der Waals surface area contributed by atoms with Crippen LogP contribution >= 0.6 is 7.82 Å². The van der Waals surface area contributed by atoms with E-state index in [0.29, 0.717) is 17.4 Å². The fourth-order valence-electron chi connectivity index (χ4n) is 11.5. The molecule has 0 spiro atoms. The second kappa shape index (κ2) is 70.0. The lowest BCUT2D eigenvalue weighted by Gasteiger charge is -2.28. The van der Waals surface area contributed by atoms with Crippen LogP contribution in [0.3, 0.4) is 0 Å². The Hall–Kier alpha value is -2.29. The lowest BCUT2D eigenvalue weighted by Crippen LogP contribution is -2.37. The number of nitrogens with zero attached hydrogens (tertiary/aromatic N) is 1. The highest BCUT2D eigenvalue weighted by atomic mass is 31.2. The fraction of sp³-hybridized carbons (Fsp3) is 0.848. The first-order valence-corrected chi connectivity index (χ1v) is 40.0. The number of quaternary nitrogens is 1. The maximum atomic E-state index is 12.9. The molecule has 9 nitrogen and oxygen atoms in total. The summed E-state index contributed by atoms with van der Waals surface area (Å²) >= 11 is 0. The highest BCUT2D eigenvalue weighted by Crippen LogP contribution is 2.38. The van der Waals surface area contributed by atoms with E-state index in [-0.39, 0.29) is 32.0 Å². The molecule has 0 amide bonds. The molecule has 0 saturated carbocycles. The van der Waals surface area contributed by atoms with Crippen LogP contribution in [-0.4, -0.2) is 70.0 Å². The number of hydrogen-bond acceptors (Lipinski definition) is 8. The SMILES string of the molecule is CC/C=C\C/C=C\C/C=C\C/C=C\C/C=C\CCCCCCCCCCCCCCCCCCCC(=O)OC(COC(=O)CCCCCCCCCCCCCCCCCCCCCCCCCCCCCCCCCC)COP(=O)([O-])OCC[N+](C)(C)C. The van der Waals surface area contributed by atoms with Crippen molar-refractivity contribution in [3.8, 4) is 0 Å². The molecule has 0 bridgehead atoms. The summed E-state index contributed by atoms with van der Waals surface area (Å²) in [5.41, 5.74) is 0. The molecule has 0 saturated heterocycles. The summed E-state index contributed by atoms with van der Waals surface area (Å²) in [4.78, 5) is 38.1. The number of hydrogen-bond donors (Lipinski definition) is 0. The molecule has 0 N–H and O–H groups in total. The van der Waals surface area contributed by atoms with Crippen LogP contribution in [-0.2, 0) is 32.7 Å². The van der Waals surface area contributed by atoms with Crippen LogP contribution in [0.5, 0.6) is 0 Å². The third-order valence-electron chi connectivity index (χ3n) is 17.3. The minimum atomic E-state index is -4.64. The molecule has 522 valence electrons. The van der Waals surface area contributed by atoms with E-state index in [0.717, 1.165) is 70.6 Å². The van der Waals surface area contributed by atoms with Gasteiger partial charge in [0.25, 0.3) is 7.82 Å². The van der Waals surface area contributed by atoms with Crippen LogP contribution in [0.15, 0.2) is 60.8 Å². The van der Waals surface area contributed by atoms with Gasteiger partial charge in [-0.15, -0.1) is 0 Å². The highest BCUT2D eigenvalue weighted by molar-refractivity contribution is 7.45. The van der Waals surface area contributed by atoms with Gasteiger partial charge < -0.3 is 27.9 Å². The third-order valence-corrected chi connectivity index (χ3v) is 18.3. The number of likely N-dealkylation sites (N-methyl/N-ethyl adjacent to an activating group) is 1. The van der Waals surface area contributed by atoms with Crippen LogP contribution in [0.4, 0.5) is 0 Å². The Morgan fingerprint density at radius 3 is 0.955 bits per heavy atom. The van der Waals surface area contributed by atoms with Crippen LogP contribution in [0.25, 0.3) is 0 Å². The molecule has 0 aliphatic carbocycles. The summed E-state index contributed by atoms with van der Waals surface area (Å²) in [6, 6.07) is 0. The molecule has 0 fully saturated rings. The molecule has 0 aromatic carbocycles. The molecule has 0 aromatic heterocycles. The third kappa shape index (κ3) is 74.6. The van der Waals surface area contributed by atoms with E-state index in [2.05, 4.69) is 74.6 Å². The summed E-state index contributed by atoms with van der Waals surface area (Å²) in [5.74, 6) is -0.812. The molecule has 0 heterocycles. The minimum Gasteiger partial charge on any atom is -0.756 e. The number of carbonyl (C=O) groups is 2. The van der Waals surface area contributed by atoms with Crippen LogP contribution in [0, 0.1) is 0 Å². The largest absolute Gasteiger partial charge is 0.756 e. The highest BCUT2D eigenvalue weighted by Gasteiger charge is 2.22. The van der Waals surface area contributed by atoms with E-state index in [1.165, 1.54) is 276 Å². The van der Waals surface area contributed by atoms with Crippen molar-refractivity contribution >= 4 is 19.8 Å². The summed E-state index contributed by atoms with van der Waals surface area (Å²) in [5, 5.41) is 0. The Balaban J connectivity index is 3.95. The van der Waals surface area contributed by atoms with Crippen molar-refractivity contribution in [1.29, 1.82) is 0 Å². The Morgan fingerprint density at radius 2 is 0.640 bits per heavy atom. The number of carbonyl (C=O) groups excluding carboxylic acids is 2. The average molecular weight is 1270 g/mol. The van der Waals surface area contributed by atoms with Gasteiger partial charge in [-0.1, -0.05) is 370 Å². The van der Waals surface area contributed by atoms with E-state index in [9.17, 15) is 19.0 Å². The van der Waals surface area contributed by atoms with Crippen molar-refractivity contribution in [3.63, 3.8) is 0 Å². The predicted octanol–water partition coefficient (Wildman–Crippen LogP) is 24.7. The van der Waals surface area contributed by atoms with Crippen LogP contribution in [0.1, 0.15) is 380 Å². The topological polar surface area (TPSA) is 111 Å². The number of esters is 2. The first-order valence-electron chi connectivity index (χ1n) is 38.5. The van der Waals surface area contributed by atoms with E-state index >= 15 is 0 Å². The van der Waals surface area contributed by atoms with Crippen molar-refractivity contribution in [2.24, 2.45) is 0 Å². The van der Waals surface area contributed by atoms with Gasteiger partial charge in [0.1, 0.15) is 19.8 Å². The van der Waals surface area contributed by atoms with Crippen molar-refractivity contribution in [2.45, 2.75) is 386 Å². The summed E-state index contributed by atoms with van der Waals surface area (Å²) < 4.78 is 34.4. The number of ether oxygens (including phenoxy) is 2. The first-order chi connectivity index (χ1) is 43.5. The average Bonchev–Trinajstić information content (AvgIpc) is 3.60. The van der Waals surface area contributed by atoms with Gasteiger partial charge in [0.2, 0.25) is 0 Å². The van der Waals surface area contributed by atoms with E-state index in [4.69, 9.17) is 18.5 Å². The van der Waals surface area contributed by atoms with E-state index in [1.807, 2.05) is 21.1 Å². The molecule has 0 rings (SSSR count). The Bertz CT molecular complexity index is 1690. The normalized spacial score (nSPS) is 13.4.